The molecule has 6 aromatic rings. The molecule has 0 aliphatic rings. The Morgan fingerprint density at radius 3 is 2.02 bits per heavy atom. The fourth-order valence-corrected chi connectivity index (χ4v) is 6.32. The number of likely N-dealkylation sites (N-methyl/N-ethyl adjacent to an activating group) is 1. The van der Waals surface area contributed by atoms with Crippen LogP contribution in [-0.4, -0.2) is 63.3 Å². The number of hydrogen-bond donors (Lipinski definition) is 4. The topological polar surface area (TPSA) is 125 Å². The van der Waals surface area contributed by atoms with Gasteiger partial charge in [0.25, 0.3) is 0 Å². The Hall–Kier alpha value is -4.33. The summed E-state index contributed by atoms with van der Waals surface area (Å²) in [4.78, 5) is 6.13. The lowest BCUT2D eigenvalue weighted by Crippen LogP contribution is -2.41. The lowest BCUT2D eigenvalue weighted by Gasteiger charge is -2.17. The minimum Gasteiger partial charge on any atom is -0.360 e. The summed E-state index contributed by atoms with van der Waals surface area (Å²) in [7, 11) is -1.89. The van der Waals surface area contributed by atoms with Gasteiger partial charge in [-0.2, -0.15) is 10.2 Å². The highest BCUT2D eigenvalue weighted by Crippen LogP contribution is 2.29. The number of sulfonamides is 1. The van der Waals surface area contributed by atoms with E-state index in [-0.39, 0.29) is 30.0 Å². The fourth-order valence-electron chi connectivity index (χ4n) is 4.99. The second-order valence-electron chi connectivity index (χ2n) is 9.89. The minimum absolute atomic E-state index is 0.138. The van der Waals surface area contributed by atoms with E-state index in [1.165, 1.54) is 24.3 Å². The van der Waals surface area contributed by atoms with Crippen molar-refractivity contribution in [1.82, 2.24) is 39.6 Å². The Labute approximate surface area is 234 Å². The third-order valence-electron chi connectivity index (χ3n) is 7.08. The molecule has 41 heavy (non-hydrogen) atoms. The first-order valence-electron chi connectivity index (χ1n) is 13.0. The highest BCUT2D eigenvalue weighted by atomic mass is 32.2. The van der Waals surface area contributed by atoms with Crippen molar-refractivity contribution in [3.05, 3.63) is 85.2 Å². The minimum atomic E-state index is -3.60. The van der Waals surface area contributed by atoms with Crippen LogP contribution in [0.25, 0.3) is 44.1 Å². The number of benzene rings is 2. The van der Waals surface area contributed by atoms with E-state index in [1.54, 1.807) is 53.3 Å². The second kappa shape index (κ2) is 10.9. The molecule has 0 saturated carbocycles. The number of fused-ring (bicyclic) bond motifs is 2. The molecule has 212 valence electrons. The van der Waals surface area contributed by atoms with Gasteiger partial charge in [-0.25, -0.2) is 21.9 Å². The smallest absolute Gasteiger partial charge is 0.213 e. The lowest BCUT2D eigenvalue weighted by molar-refractivity contribution is 0.473. The Morgan fingerprint density at radius 2 is 1.44 bits per heavy atom. The molecule has 0 aliphatic carbocycles. The monoisotopic (exact) mass is 578 g/mol. The average Bonchev–Trinajstić information content (AvgIpc) is 3.73. The molecule has 0 radical (unpaired) electrons. The van der Waals surface area contributed by atoms with E-state index in [2.05, 4.69) is 30.2 Å². The number of aromatic amines is 2. The molecule has 1 atom stereocenters. The van der Waals surface area contributed by atoms with Crippen LogP contribution in [0.5, 0.6) is 0 Å². The van der Waals surface area contributed by atoms with Gasteiger partial charge in [-0.1, -0.05) is 0 Å². The van der Waals surface area contributed by atoms with Gasteiger partial charge in [0.1, 0.15) is 11.6 Å². The maximum absolute atomic E-state index is 13.5. The fraction of sp³-hybridized carbons (Fsp3) is 0.214. The molecule has 0 bridgehead atoms. The Bertz CT molecular complexity index is 1940. The number of nitrogens with zero attached hydrogens (tertiary/aromatic N) is 4. The zero-order chi connectivity index (χ0) is 28.6. The van der Waals surface area contributed by atoms with E-state index < -0.39 is 10.0 Å². The van der Waals surface area contributed by atoms with Crippen molar-refractivity contribution in [2.45, 2.75) is 19.1 Å². The molecule has 6 rings (SSSR count). The van der Waals surface area contributed by atoms with E-state index in [1.807, 2.05) is 12.4 Å². The standard InChI is InChI=1S/C28H28F2N8O2S/c1-31-22(16-38-15-19(11-35-38)26-13-33-28-9-21(30)3-5-24(26)28)17-41(39,40)36-6-7-37-14-18(10-34-37)25-12-32-27-8-20(29)2-4-23(25)27/h2-5,8-15,22,31-33,36H,6-7,16-17H2,1H3. The van der Waals surface area contributed by atoms with Gasteiger partial charge >= 0.3 is 0 Å². The summed E-state index contributed by atoms with van der Waals surface area (Å²) < 4.78 is 58.7. The third-order valence-corrected chi connectivity index (χ3v) is 8.56. The number of nitrogens with one attached hydrogen (secondary N) is 4. The van der Waals surface area contributed by atoms with Crippen molar-refractivity contribution in [3.8, 4) is 22.3 Å². The highest BCUT2D eigenvalue weighted by molar-refractivity contribution is 7.89. The lowest BCUT2D eigenvalue weighted by atomic mass is 10.1. The van der Waals surface area contributed by atoms with E-state index >= 15 is 0 Å². The summed E-state index contributed by atoms with van der Waals surface area (Å²) in [5.41, 5.74) is 4.86. The summed E-state index contributed by atoms with van der Waals surface area (Å²) in [6, 6.07) is 8.75. The third kappa shape index (κ3) is 5.78. The molecule has 4 N–H and O–H groups in total. The van der Waals surface area contributed by atoms with E-state index in [0.29, 0.717) is 24.1 Å². The normalized spacial score (nSPS) is 13.0. The van der Waals surface area contributed by atoms with Crippen LogP contribution < -0.4 is 10.0 Å². The van der Waals surface area contributed by atoms with Crippen LogP contribution >= 0.6 is 0 Å². The Kier molecular flexibility index (Phi) is 7.15. The first kappa shape index (κ1) is 26.9. The van der Waals surface area contributed by atoms with Crippen molar-refractivity contribution in [3.63, 3.8) is 0 Å². The van der Waals surface area contributed by atoms with Crippen LogP contribution in [0.2, 0.25) is 0 Å². The molecule has 0 saturated heterocycles. The van der Waals surface area contributed by atoms with Gasteiger partial charge in [0, 0.05) is 81.4 Å². The first-order chi connectivity index (χ1) is 19.8. The van der Waals surface area contributed by atoms with Crippen LogP contribution in [-0.2, 0) is 23.1 Å². The van der Waals surface area contributed by atoms with Crippen LogP contribution in [0.1, 0.15) is 0 Å². The summed E-state index contributed by atoms with van der Waals surface area (Å²) in [6.45, 7) is 0.856. The molecule has 4 heterocycles. The maximum Gasteiger partial charge on any atom is 0.213 e. The summed E-state index contributed by atoms with van der Waals surface area (Å²) >= 11 is 0. The molecule has 10 nitrogen and oxygen atoms in total. The van der Waals surface area contributed by atoms with Crippen LogP contribution in [0.3, 0.4) is 0 Å². The number of rotatable bonds is 11. The highest BCUT2D eigenvalue weighted by Gasteiger charge is 2.19. The van der Waals surface area contributed by atoms with Gasteiger partial charge in [0.05, 0.1) is 31.2 Å². The van der Waals surface area contributed by atoms with Gasteiger partial charge in [-0.15, -0.1) is 0 Å². The second-order valence-corrected chi connectivity index (χ2v) is 11.7. The molecule has 0 spiro atoms. The molecular formula is C28H28F2N8O2S. The molecule has 2 aromatic carbocycles. The van der Waals surface area contributed by atoms with Gasteiger partial charge in [0.15, 0.2) is 0 Å². The largest absolute Gasteiger partial charge is 0.360 e. The number of aromatic nitrogens is 6. The zero-order valence-electron chi connectivity index (χ0n) is 22.1. The molecular weight excluding hydrogens is 550 g/mol. The number of halogens is 2. The summed E-state index contributed by atoms with van der Waals surface area (Å²) in [5, 5.41) is 13.6. The van der Waals surface area contributed by atoms with Crippen LogP contribution in [0, 0.1) is 11.6 Å². The Morgan fingerprint density at radius 1 is 0.878 bits per heavy atom. The zero-order valence-corrected chi connectivity index (χ0v) is 22.9. The van der Waals surface area contributed by atoms with Gasteiger partial charge < -0.3 is 15.3 Å². The molecule has 1 unspecified atom stereocenters. The molecule has 4 aromatic heterocycles. The Balaban J connectivity index is 1.05. The predicted molar refractivity (Wildman–Crippen MR) is 154 cm³/mol. The maximum atomic E-state index is 13.5. The van der Waals surface area contributed by atoms with Gasteiger partial charge in [-0.3, -0.25) is 9.36 Å². The first-order valence-corrected chi connectivity index (χ1v) is 14.7. The quantitative estimate of drug-likeness (QED) is 0.186. The predicted octanol–water partition coefficient (Wildman–Crippen LogP) is 3.86. The van der Waals surface area contributed by atoms with Crippen molar-refractivity contribution < 1.29 is 17.2 Å². The summed E-state index contributed by atoms with van der Waals surface area (Å²) in [5.74, 6) is -0.763. The van der Waals surface area contributed by atoms with E-state index in [9.17, 15) is 17.2 Å². The van der Waals surface area contributed by atoms with Crippen molar-refractivity contribution >= 4 is 31.8 Å². The van der Waals surface area contributed by atoms with Crippen molar-refractivity contribution in [2.75, 3.05) is 19.3 Å². The molecule has 0 aliphatic heterocycles. The average molecular weight is 579 g/mol. The molecule has 13 heteroatoms. The molecule has 0 fully saturated rings. The number of H-pyrrole nitrogens is 2. The van der Waals surface area contributed by atoms with E-state index in [0.717, 1.165) is 33.0 Å². The SMILES string of the molecule is CNC(Cn1cc(-c2c[nH]c3cc(F)ccc23)cn1)CS(=O)(=O)NCCn1cc(-c2c[nH]c3cc(F)ccc23)cn1. The van der Waals surface area contributed by atoms with Gasteiger partial charge in [0.2, 0.25) is 10.0 Å². The van der Waals surface area contributed by atoms with Crippen molar-refractivity contribution in [2.24, 2.45) is 0 Å². The van der Waals surface area contributed by atoms with Crippen LogP contribution in [0.4, 0.5) is 8.78 Å². The number of hydrogen-bond acceptors (Lipinski definition) is 5. The van der Waals surface area contributed by atoms with Gasteiger partial charge in [-0.05, 0) is 43.4 Å². The molecule has 0 amide bonds. The summed E-state index contributed by atoms with van der Waals surface area (Å²) in [6.07, 6.45) is 10.7. The van der Waals surface area contributed by atoms with E-state index in [4.69, 9.17) is 0 Å². The van der Waals surface area contributed by atoms with Crippen LogP contribution in [0.15, 0.2) is 73.6 Å². The van der Waals surface area contributed by atoms with Crippen molar-refractivity contribution in [1.29, 1.82) is 0 Å².